The van der Waals surface area contributed by atoms with Crippen molar-refractivity contribution in [2.45, 2.75) is 45.1 Å². The Bertz CT molecular complexity index is 1100. The van der Waals surface area contributed by atoms with Crippen LogP contribution in [0.3, 0.4) is 0 Å². The maximum atomic E-state index is 14.1. The van der Waals surface area contributed by atoms with Gasteiger partial charge in [0.1, 0.15) is 5.65 Å². The molecule has 5 rings (SSSR count). The molecule has 1 aliphatic carbocycles. The molecule has 4 heterocycles. The van der Waals surface area contributed by atoms with Crippen LogP contribution in [0, 0.1) is 12.7 Å². The summed E-state index contributed by atoms with van der Waals surface area (Å²) in [5.74, 6) is 2.05. The molecule has 0 radical (unpaired) electrons. The summed E-state index contributed by atoms with van der Waals surface area (Å²) in [6.07, 6.45) is 2.39. The normalized spacial score (nSPS) is 24.0. The maximum absolute atomic E-state index is 14.1. The Balaban J connectivity index is 1.49. The fraction of sp³-hybridized carbons (Fsp3) is 0.474. The van der Waals surface area contributed by atoms with Gasteiger partial charge >= 0.3 is 0 Å². The van der Waals surface area contributed by atoms with E-state index in [1.54, 1.807) is 10.5 Å². The molecule has 140 valence electrons. The van der Waals surface area contributed by atoms with Crippen molar-refractivity contribution in [1.29, 1.82) is 0 Å². The Morgan fingerprint density at radius 3 is 2.78 bits per heavy atom. The molecule has 27 heavy (non-hydrogen) atoms. The molecule has 8 heteroatoms. The summed E-state index contributed by atoms with van der Waals surface area (Å²) >= 11 is 0. The lowest BCUT2D eigenvalue weighted by Crippen LogP contribution is -2.21. The summed E-state index contributed by atoms with van der Waals surface area (Å²) in [5, 5.41) is 4.76. The molecule has 0 spiro atoms. The van der Waals surface area contributed by atoms with Crippen LogP contribution in [0.5, 0.6) is 5.75 Å². The second-order valence-corrected chi connectivity index (χ2v) is 7.46. The summed E-state index contributed by atoms with van der Waals surface area (Å²) in [6, 6.07) is 1.87. The molecule has 3 unspecified atom stereocenters. The van der Waals surface area contributed by atoms with Gasteiger partial charge in [0.05, 0.1) is 37.3 Å². The number of methoxy groups -OCH3 is 1. The van der Waals surface area contributed by atoms with E-state index in [2.05, 4.69) is 11.9 Å². The minimum absolute atomic E-state index is 0.207. The third-order valence-corrected chi connectivity index (χ3v) is 5.63. The maximum Gasteiger partial charge on any atom is 0.181 e. The summed E-state index contributed by atoms with van der Waals surface area (Å²) in [4.78, 5) is 14.0. The molecule has 1 saturated carbocycles. The third-order valence-electron chi connectivity index (χ3n) is 5.63. The zero-order valence-electron chi connectivity index (χ0n) is 15.8. The largest absolute Gasteiger partial charge is 0.493 e. The molecule has 1 aliphatic heterocycles. The minimum atomic E-state index is -0.392. The fourth-order valence-corrected chi connectivity index (χ4v) is 3.94. The highest BCUT2D eigenvalue weighted by molar-refractivity contribution is 5.96. The zero-order chi connectivity index (χ0) is 18.9. The summed E-state index contributed by atoms with van der Waals surface area (Å²) in [7, 11) is 1.46. The number of ether oxygens (including phenoxy) is 1. The highest BCUT2D eigenvalue weighted by Gasteiger charge is 2.45. The Kier molecular flexibility index (Phi) is 3.41. The number of aliphatic imine (C=N–C) groups is 1. The van der Waals surface area contributed by atoms with Gasteiger partial charge in [0.25, 0.3) is 0 Å². The molecule has 0 aromatic carbocycles. The van der Waals surface area contributed by atoms with Crippen LogP contribution in [0.15, 0.2) is 17.3 Å². The summed E-state index contributed by atoms with van der Waals surface area (Å²) in [6.45, 7) is 6.81. The van der Waals surface area contributed by atoms with Crippen LogP contribution in [0.25, 0.3) is 5.65 Å². The molecular weight excluding hydrogens is 347 g/mol. The van der Waals surface area contributed by atoms with Gasteiger partial charge in [0.2, 0.25) is 0 Å². The topological polar surface area (TPSA) is 69.6 Å². The molecular formula is C19H21FN6O. The molecule has 7 nitrogen and oxygen atoms in total. The van der Waals surface area contributed by atoms with Gasteiger partial charge in [-0.05, 0) is 27.2 Å². The molecule has 1 fully saturated rings. The first kappa shape index (κ1) is 16.4. The lowest BCUT2D eigenvalue weighted by atomic mass is 10.2. The van der Waals surface area contributed by atoms with Crippen LogP contribution in [0.2, 0.25) is 0 Å². The predicted octanol–water partition coefficient (Wildman–Crippen LogP) is 3.04. The molecule has 3 atom stereocenters. The van der Waals surface area contributed by atoms with Crippen molar-refractivity contribution in [1.82, 2.24) is 24.1 Å². The van der Waals surface area contributed by atoms with Crippen molar-refractivity contribution in [2.75, 3.05) is 13.7 Å². The number of hydrogen-bond donors (Lipinski definition) is 0. The van der Waals surface area contributed by atoms with Gasteiger partial charge in [-0.2, -0.15) is 5.10 Å². The van der Waals surface area contributed by atoms with Crippen LogP contribution in [0.1, 0.15) is 61.2 Å². The van der Waals surface area contributed by atoms with Gasteiger partial charge in [-0.1, -0.05) is 0 Å². The van der Waals surface area contributed by atoms with Crippen LogP contribution >= 0.6 is 0 Å². The number of aryl methyl sites for hydroxylation is 1. The molecule has 3 aromatic heterocycles. The highest BCUT2D eigenvalue weighted by atomic mass is 19.1. The van der Waals surface area contributed by atoms with Crippen LogP contribution in [-0.2, 0) is 0 Å². The number of nitrogens with zero attached hydrogens (tertiary/aromatic N) is 6. The van der Waals surface area contributed by atoms with E-state index in [9.17, 15) is 4.39 Å². The third kappa shape index (κ3) is 2.39. The van der Waals surface area contributed by atoms with Crippen LogP contribution in [0.4, 0.5) is 4.39 Å². The van der Waals surface area contributed by atoms with Gasteiger partial charge < -0.3 is 9.14 Å². The van der Waals surface area contributed by atoms with E-state index < -0.39 is 5.82 Å². The first-order chi connectivity index (χ1) is 13.0. The van der Waals surface area contributed by atoms with Crippen molar-refractivity contribution in [2.24, 2.45) is 4.99 Å². The van der Waals surface area contributed by atoms with Crippen molar-refractivity contribution >= 4 is 11.4 Å². The van der Waals surface area contributed by atoms with Gasteiger partial charge in [-0.3, -0.25) is 4.99 Å². The zero-order valence-corrected chi connectivity index (χ0v) is 15.8. The Morgan fingerprint density at radius 2 is 2.04 bits per heavy atom. The number of rotatable bonds is 3. The predicted molar refractivity (Wildman–Crippen MR) is 98.3 cm³/mol. The first-order valence-electron chi connectivity index (χ1n) is 9.18. The van der Waals surface area contributed by atoms with Crippen LogP contribution < -0.4 is 4.74 Å². The van der Waals surface area contributed by atoms with E-state index in [1.807, 2.05) is 18.5 Å². The van der Waals surface area contributed by atoms with Crippen molar-refractivity contribution < 1.29 is 9.13 Å². The van der Waals surface area contributed by atoms with Gasteiger partial charge in [0, 0.05) is 23.6 Å². The van der Waals surface area contributed by atoms with Gasteiger partial charge in [-0.15, -0.1) is 0 Å². The van der Waals surface area contributed by atoms with E-state index in [-0.39, 0.29) is 23.6 Å². The minimum Gasteiger partial charge on any atom is -0.493 e. The lowest BCUT2D eigenvalue weighted by molar-refractivity contribution is 0.385. The Labute approximate surface area is 155 Å². The molecule has 0 N–H and O–H groups in total. The van der Waals surface area contributed by atoms with E-state index in [0.717, 1.165) is 41.7 Å². The van der Waals surface area contributed by atoms with Gasteiger partial charge in [-0.25, -0.2) is 19.0 Å². The van der Waals surface area contributed by atoms with Crippen molar-refractivity contribution in [3.05, 3.63) is 41.1 Å². The number of imidazole rings is 1. The highest BCUT2D eigenvalue weighted by Crippen LogP contribution is 2.54. The molecule has 2 aliphatic rings. The fourth-order valence-electron chi connectivity index (χ4n) is 3.94. The van der Waals surface area contributed by atoms with E-state index in [4.69, 9.17) is 19.8 Å². The van der Waals surface area contributed by atoms with E-state index >= 15 is 0 Å². The second kappa shape index (κ2) is 5.61. The molecule has 0 bridgehead atoms. The average molecular weight is 368 g/mol. The standard InChI is InChI=1S/C19H21FN6O/c1-9-7-21-10(2)19-23-18(24-26(9)19)13-5-12(13)17-11(3)25-8-14(20)15(27-4)6-16(25)22-17/h6,8-9,12-13H,5,7H2,1-4H3. The Hall–Kier alpha value is -2.77. The number of fused-ring (bicyclic) bond motifs is 2. The summed E-state index contributed by atoms with van der Waals surface area (Å²) in [5.41, 5.74) is 3.57. The van der Waals surface area contributed by atoms with Crippen molar-refractivity contribution in [3.63, 3.8) is 0 Å². The monoisotopic (exact) mass is 368 g/mol. The molecule has 0 saturated heterocycles. The van der Waals surface area contributed by atoms with E-state index in [1.165, 1.54) is 13.3 Å². The van der Waals surface area contributed by atoms with Gasteiger partial charge in [0.15, 0.2) is 23.2 Å². The number of pyridine rings is 1. The first-order valence-corrected chi connectivity index (χ1v) is 9.18. The number of halogens is 1. The lowest BCUT2D eigenvalue weighted by Gasteiger charge is -2.16. The summed E-state index contributed by atoms with van der Waals surface area (Å²) < 4.78 is 22.9. The van der Waals surface area contributed by atoms with E-state index in [0.29, 0.717) is 5.65 Å². The number of hydrogen-bond acceptors (Lipinski definition) is 5. The Morgan fingerprint density at radius 1 is 1.22 bits per heavy atom. The average Bonchev–Trinajstić information content (AvgIpc) is 3.20. The SMILES string of the molecule is COc1cc2nc(C3CC3c3nc4n(n3)C(C)CN=C4C)c(C)n2cc1F. The van der Waals surface area contributed by atoms with Crippen LogP contribution in [-0.4, -0.2) is 43.5 Å². The molecule has 0 amide bonds. The quantitative estimate of drug-likeness (QED) is 0.713. The smallest absolute Gasteiger partial charge is 0.181 e. The number of aromatic nitrogens is 5. The second-order valence-electron chi connectivity index (χ2n) is 7.46. The van der Waals surface area contributed by atoms with Crippen molar-refractivity contribution in [3.8, 4) is 5.75 Å². The molecule has 3 aromatic rings.